The van der Waals surface area contributed by atoms with Gasteiger partial charge in [-0.15, -0.1) is 6.58 Å². The molecule has 23 heavy (non-hydrogen) atoms. The lowest BCUT2D eigenvalue weighted by Gasteiger charge is -2.07. The van der Waals surface area contributed by atoms with E-state index in [1.165, 1.54) is 22.9 Å². The predicted molar refractivity (Wildman–Crippen MR) is 82.0 cm³/mol. The molecular formula is C17H13F3N2O. The standard InChI is InChI=1S/C17H13F3N2O/c1-2-10-22-16(11-6-8-12(23)9-7-11)13-4-3-5-14(15(13)21-22)17(18,19)20/h2-9,23H,1,10H2. The van der Waals surface area contributed by atoms with Gasteiger partial charge in [0.15, 0.2) is 0 Å². The third-order valence-corrected chi connectivity index (χ3v) is 3.52. The predicted octanol–water partition coefficient (Wildman–Crippen LogP) is 4.61. The van der Waals surface area contributed by atoms with E-state index in [0.29, 0.717) is 16.6 Å². The Bertz CT molecular complexity index is 864. The van der Waals surface area contributed by atoms with E-state index in [2.05, 4.69) is 11.7 Å². The first-order chi connectivity index (χ1) is 10.9. The van der Waals surface area contributed by atoms with Crippen LogP contribution in [-0.4, -0.2) is 14.9 Å². The molecule has 0 unspecified atom stereocenters. The SMILES string of the molecule is C=CCn1nc2c(C(F)(F)F)cccc2c1-c1ccc(O)cc1. The molecule has 3 nitrogen and oxygen atoms in total. The topological polar surface area (TPSA) is 38.0 Å². The molecule has 3 rings (SSSR count). The van der Waals surface area contributed by atoms with Crippen LogP contribution in [0.5, 0.6) is 5.75 Å². The normalized spacial score (nSPS) is 11.8. The Kier molecular flexibility index (Phi) is 3.60. The number of alkyl halides is 3. The second-order valence-electron chi connectivity index (χ2n) is 5.07. The number of nitrogens with zero attached hydrogens (tertiary/aromatic N) is 2. The van der Waals surface area contributed by atoms with Crippen molar-refractivity contribution in [1.29, 1.82) is 0 Å². The van der Waals surface area contributed by atoms with Gasteiger partial charge >= 0.3 is 6.18 Å². The van der Waals surface area contributed by atoms with Gasteiger partial charge in [0.05, 0.1) is 17.8 Å². The number of hydrogen-bond acceptors (Lipinski definition) is 2. The van der Waals surface area contributed by atoms with E-state index in [-0.39, 0.29) is 17.8 Å². The van der Waals surface area contributed by atoms with Gasteiger partial charge in [-0.25, -0.2) is 0 Å². The Morgan fingerprint density at radius 2 is 1.83 bits per heavy atom. The smallest absolute Gasteiger partial charge is 0.418 e. The van der Waals surface area contributed by atoms with Crippen molar-refractivity contribution in [3.8, 4) is 17.0 Å². The highest BCUT2D eigenvalue weighted by Crippen LogP contribution is 2.38. The molecule has 0 aliphatic carbocycles. The summed E-state index contributed by atoms with van der Waals surface area (Å²) in [6, 6.07) is 10.3. The van der Waals surface area contributed by atoms with Crippen LogP contribution in [0.25, 0.3) is 22.2 Å². The lowest BCUT2D eigenvalue weighted by Crippen LogP contribution is -2.06. The number of phenolic OH excluding ortho intramolecular Hbond substituents is 1. The second kappa shape index (κ2) is 5.46. The first-order valence-corrected chi connectivity index (χ1v) is 6.89. The van der Waals surface area contributed by atoms with Crippen molar-refractivity contribution >= 4 is 10.9 Å². The zero-order chi connectivity index (χ0) is 16.6. The molecule has 0 saturated heterocycles. The van der Waals surface area contributed by atoms with Crippen LogP contribution in [0.2, 0.25) is 0 Å². The number of aromatic nitrogens is 2. The zero-order valence-corrected chi connectivity index (χ0v) is 12.0. The Balaban J connectivity index is 2.33. The maximum absolute atomic E-state index is 13.2. The summed E-state index contributed by atoms with van der Waals surface area (Å²) in [6.07, 6.45) is -2.90. The molecule has 1 heterocycles. The second-order valence-corrected chi connectivity index (χ2v) is 5.07. The fourth-order valence-corrected chi connectivity index (χ4v) is 2.56. The number of halogens is 3. The Hall–Kier alpha value is -2.76. The summed E-state index contributed by atoms with van der Waals surface area (Å²) >= 11 is 0. The summed E-state index contributed by atoms with van der Waals surface area (Å²) in [4.78, 5) is 0. The fraction of sp³-hybridized carbons (Fsp3) is 0.118. The van der Waals surface area contributed by atoms with E-state index in [1.54, 1.807) is 24.3 Å². The Labute approximate surface area is 130 Å². The monoisotopic (exact) mass is 318 g/mol. The van der Waals surface area contributed by atoms with E-state index < -0.39 is 11.7 Å². The van der Waals surface area contributed by atoms with Crippen molar-refractivity contribution in [2.45, 2.75) is 12.7 Å². The Morgan fingerprint density at radius 3 is 2.43 bits per heavy atom. The van der Waals surface area contributed by atoms with Gasteiger partial charge in [-0.1, -0.05) is 18.2 Å². The van der Waals surface area contributed by atoms with Gasteiger partial charge in [0, 0.05) is 10.9 Å². The fourth-order valence-electron chi connectivity index (χ4n) is 2.56. The maximum atomic E-state index is 13.2. The summed E-state index contributed by atoms with van der Waals surface area (Å²) in [7, 11) is 0. The molecule has 0 aliphatic rings. The van der Waals surface area contributed by atoms with Gasteiger partial charge in [-0.05, 0) is 30.3 Å². The van der Waals surface area contributed by atoms with Crippen LogP contribution >= 0.6 is 0 Å². The highest BCUT2D eigenvalue weighted by molar-refractivity contribution is 5.95. The van der Waals surface area contributed by atoms with Crippen molar-refractivity contribution in [3.63, 3.8) is 0 Å². The van der Waals surface area contributed by atoms with Gasteiger partial charge < -0.3 is 5.11 Å². The minimum absolute atomic E-state index is 0.0869. The van der Waals surface area contributed by atoms with E-state index in [4.69, 9.17) is 0 Å². The average Bonchev–Trinajstić information content (AvgIpc) is 2.85. The van der Waals surface area contributed by atoms with Crippen LogP contribution in [-0.2, 0) is 12.7 Å². The average molecular weight is 318 g/mol. The van der Waals surface area contributed by atoms with Crippen molar-refractivity contribution in [2.75, 3.05) is 0 Å². The van der Waals surface area contributed by atoms with Crippen molar-refractivity contribution < 1.29 is 18.3 Å². The number of fused-ring (bicyclic) bond motifs is 1. The van der Waals surface area contributed by atoms with Crippen LogP contribution in [0.4, 0.5) is 13.2 Å². The summed E-state index contributed by atoms with van der Waals surface area (Å²) in [5, 5.41) is 13.9. The minimum atomic E-state index is -4.47. The molecule has 3 aromatic rings. The molecule has 2 aromatic carbocycles. The highest BCUT2D eigenvalue weighted by atomic mass is 19.4. The molecule has 1 N–H and O–H groups in total. The van der Waals surface area contributed by atoms with Gasteiger partial charge in [0.2, 0.25) is 0 Å². The molecule has 118 valence electrons. The molecule has 0 atom stereocenters. The molecule has 0 bridgehead atoms. The van der Waals surface area contributed by atoms with Gasteiger partial charge in [-0.2, -0.15) is 18.3 Å². The molecule has 0 spiro atoms. The number of hydrogen-bond donors (Lipinski definition) is 1. The molecule has 0 radical (unpaired) electrons. The largest absolute Gasteiger partial charge is 0.508 e. The molecule has 0 aliphatic heterocycles. The van der Waals surface area contributed by atoms with E-state index in [1.807, 2.05) is 0 Å². The molecule has 0 fully saturated rings. The maximum Gasteiger partial charge on any atom is 0.418 e. The van der Waals surface area contributed by atoms with Crippen LogP contribution in [0.1, 0.15) is 5.56 Å². The van der Waals surface area contributed by atoms with Crippen molar-refractivity contribution in [1.82, 2.24) is 9.78 Å². The molecule has 1 aromatic heterocycles. The number of rotatable bonds is 3. The zero-order valence-electron chi connectivity index (χ0n) is 12.0. The van der Waals surface area contributed by atoms with Crippen LogP contribution in [0, 0.1) is 0 Å². The van der Waals surface area contributed by atoms with Crippen LogP contribution < -0.4 is 0 Å². The molecule has 6 heteroatoms. The van der Waals surface area contributed by atoms with Crippen LogP contribution in [0.3, 0.4) is 0 Å². The number of aromatic hydroxyl groups is 1. The quantitative estimate of drug-likeness (QED) is 0.716. The van der Waals surface area contributed by atoms with Crippen molar-refractivity contribution in [3.05, 3.63) is 60.7 Å². The molecule has 0 amide bonds. The third kappa shape index (κ3) is 2.67. The summed E-state index contributed by atoms with van der Waals surface area (Å²) in [5.41, 5.74) is 0.375. The highest BCUT2D eigenvalue weighted by Gasteiger charge is 2.34. The third-order valence-electron chi connectivity index (χ3n) is 3.52. The summed E-state index contributed by atoms with van der Waals surface area (Å²) in [5.74, 6) is 0.0869. The number of phenols is 1. The Morgan fingerprint density at radius 1 is 1.13 bits per heavy atom. The van der Waals surface area contributed by atoms with Gasteiger partial charge in [0.25, 0.3) is 0 Å². The lowest BCUT2D eigenvalue weighted by atomic mass is 10.0. The van der Waals surface area contributed by atoms with E-state index in [0.717, 1.165) is 6.07 Å². The van der Waals surface area contributed by atoms with Gasteiger partial charge in [-0.3, -0.25) is 4.68 Å². The van der Waals surface area contributed by atoms with Gasteiger partial charge in [0.1, 0.15) is 11.3 Å². The number of allylic oxidation sites excluding steroid dienone is 1. The van der Waals surface area contributed by atoms with Crippen molar-refractivity contribution in [2.24, 2.45) is 0 Å². The number of benzene rings is 2. The lowest BCUT2D eigenvalue weighted by molar-refractivity contribution is -0.136. The van der Waals surface area contributed by atoms with Crippen LogP contribution in [0.15, 0.2) is 55.1 Å². The minimum Gasteiger partial charge on any atom is -0.508 e. The first-order valence-electron chi connectivity index (χ1n) is 6.89. The summed E-state index contributed by atoms with van der Waals surface area (Å²) < 4.78 is 41.1. The summed E-state index contributed by atoms with van der Waals surface area (Å²) in [6.45, 7) is 3.90. The molecular weight excluding hydrogens is 305 g/mol. The molecule has 0 saturated carbocycles. The van der Waals surface area contributed by atoms with E-state index >= 15 is 0 Å². The first kappa shape index (κ1) is 15.1. The van der Waals surface area contributed by atoms with E-state index in [9.17, 15) is 18.3 Å².